The zero-order valence-electron chi connectivity index (χ0n) is 10.5. The van der Waals surface area contributed by atoms with Crippen molar-refractivity contribution in [1.29, 1.82) is 0 Å². The average Bonchev–Trinajstić information content (AvgIpc) is 2.47. The molecule has 3 rings (SSSR count). The second kappa shape index (κ2) is 3.95. The van der Waals surface area contributed by atoms with Crippen LogP contribution in [0.4, 0.5) is 0 Å². The van der Waals surface area contributed by atoms with E-state index in [1.54, 1.807) is 0 Å². The number of hydrogen-bond acceptors (Lipinski definition) is 1. The lowest BCUT2D eigenvalue weighted by Gasteiger charge is -1.95. The Balaban J connectivity index is 2.59. The Kier molecular flexibility index (Phi) is 2.41. The number of fused-ring (bicyclic) bond motifs is 2. The summed E-state index contributed by atoms with van der Waals surface area (Å²) >= 11 is 0. The van der Waals surface area contributed by atoms with Crippen molar-refractivity contribution in [3.8, 4) is 0 Å². The molecule has 0 bridgehead atoms. The summed E-state index contributed by atoms with van der Waals surface area (Å²) in [6, 6.07) is 16.0. The quantitative estimate of drug-likeness (QED) is 0.575. The van der Waals surface area contributed by atoms with Gasteiger partial charge in [-0.15, -0.1) is 0 Å². The molecule has 0 fully saturated rings. The third kappa shape index (κ3) is 1.68. The van der Waals surface area contributed by atoms with Gasteiger partial charge in [0.15, 0.2) is 5.43 Å². The summed E-state index contributed by atoms with van der Waals surface area (Å²) in [6.07, 6.45) is 0. The first kappa shape index (κ1) is 11.0. The van der Waals surface area contributed by atoms with Crippen molar-refractivity contribution in [3.63, 3.8) is 0 Å². The zero-order chi connectivity index (χ0) is 12.7. The molecule has 0 heterocycles. The molecule has 0 aliphatic carbocycles. The Morgan fingerprint density at radius 2 is 1.11 bits per heavy atom. The molecule has 0 unspecified atom stereocenters. The van der Waals surface area contributed by atoms with Crippen LogP contribution < -0.4 is 5.43 Å². The maximum Gasteiger partial charge on any atom is 0.194 e. The molecule has 0 atom stereocenters. The molecule has 0 saturated heterocycles. The lowest BCUT2D eigenvalue weighted by atomic mass is 10.1. The second-order valence-electron chi connectivity index (χ2n) is 4.84. The average molecular weight is 234 g/mol. The topological polar surface area (TPSA) is 17.1 Å². The Bertz CT molecular complexity index is 749. The fourth-order valence-corrected chi connectivity index (χ4v) is 2.38. The SMILES string of the molecule is Cc1ccc2c(=O)c3ccc(C)cc3ccc2c1. The summed E-state index contributed by atoms with van der Waals surface area (Å²) in [5, 5.41) is 3.60. The van der Waals surface area contributed by atoms with E-state index in [2.05, 4.69) is 12.1 Å². The molecule has 0 amide bonds. The van der Waals surface area contributed by atoms with E-state index in [-0.39, 0.29) is 5.43 Å². The Morgan fingerprint density at radius 1 is 0.667 bits per heavy atom. The van der Waals surface area contributed by atoms with Crippen LogP contribution in [0.15, 0.2) is 53.3 Å². The molecule has 1 heteroatoms. The minimum Gasteiger partial charge on any atom is -0.289 e. The highest BCUT2D eigenvalue weighted by Crippen LogP contribution is 2.17. The first-order valence-corrected chi connectivity index (χ1v) is 6.09. The third-order valence-electron chi connectivity index (χ3n) is 3.35. The van der Waals surface area contributed by atoms with Gasteiger partial charge in [-0.3, -0.25) is 4.79 Å². The van der Waals surface area contributed by atoms with E-state index in [4.69, 9.17) is 0 Å². The van der Waals surface area contributed by atoms with Crippen molar-refractivity contribution >= 4 is 21.5 Å². The summed E-state index contributed by atoms with van der Waals surface area (Å²) in [6.45, 7) is 4.08. The van der Waals surface area contributed by atoms with Crippen LogP contribution in [-0.4, -0.2) is 0 Å². The van der Waals surface area contributed by atoms with E-state index in [1.807, 2.05) is 50.2 Å². The molecule has 3 aromatic rings. The molecule has 18 heavy (non-hydrogen) atoms. The van der Waals surface area contributed by atoms with Crippen LogP contribution in [0.2, 0.25) is 0 Å². The number of rotatable bonds is 0. The van der Waals surface area contributed by atoms with Crippen LogP contribution in [0.1, 0.15) is 11.1 Å². The fraction of sp³-hybridized carbons (Fsp3) is 0.118. The van der Waals surface area contributed by atoms with Gasteiger partial charge in [-0.1, -0.05) is 59.7 Å². The Morgan fingerprint density at radius 3 is 1.56 bits per heavy atom. The van der Waals surface area contributed by atoms with Crippen LogP contribution >= 0.6 is 0 Å². The molecule has 0 aromatic heterocycles. The number of aryl methyl sites for hydroxylation is 2. The number of hydrogen-bond donors (Lipinski definition) is 0. The molecule has 88 valence electrons. The van der Waals surface area contributed by atoms with Crippen LogP contribution in [-0.2, 0) is 0 Å². The van der Waals surface area contributed by atoms with E-state index < -0.39 is 0 Å². The van der Waals surface area contributed by atoms with E-state index in [0.717, 1.165) is 21.5 Å². The van der Waals surface area contributed by atoms with Gasteiger partial charge in [-0.05, 0) is 24.6 Å². The predicted octanol–water partition coefficient (Wildman–Crippen LogP) is 3.97. The molecule has 3 aromatic carbocycles. The summed E-state index contributed by atoms with van der Waals surface area (Å²) in [5.41, 5.74) is 2.46. The van der Waals surface area contributed by atoms with Gasteiger partial charge in [0.2, 0.25) is 0 Å². The van der Waals surface area contributed by atoms with Crippen LogP contribution in [0.25, 0.3) is 21.5 Å². The minimum atomic E-state index is 0.116. The maximum absolute atomic E-state index is 12.5. The monoisotopic (exact) mass is 234 g/mol. The predicted molar refractivity (Wildman–Crippen MR) is 77.2 cm³/mol. The van der Waals surface area contributed by atoms with E-state index in [9.17, 15) is 4.79 Å². The molecule has 1 nitrogen and oxygen atoms in total. The lowest BCUT2D eigenvalue weighted by Crippen LogP contribution is -1.98. The largest absolute Gasteiger partial charge is 0.289 e. The standard InChI is InChI=1S/C17H14O/c1-11-3-7-15-13(9-11)5-6-14-10-12(2)4-8-16(14)17(15)18/h3-10H,1-2H3. The first-order valence-electron chi connectivity index (χ1n) is 6.09. The second-order valence-corrected chi connectivity index (χ2v) is 4.84. The summed E-state index contributed by atoms with van der Waals surface area (Å²) in [7, 11) is 0. The highest BCUT2D eigenvalue weighted by atomic mass is 16.1. The van der Waals surface area contributed by atoms with Crippen molar-refractivity contribution in [2.45, 2.75) is 13.8 Å². The molecule has 0 radical (unpaired) electrons. The van der Waals surface area contributed by atoms with Crippen molar-refractivity contribution in [2.24, 2.45) is 0 Å². The van der Waals surface area contributed by atoms with E-state index >= 15 is 0 Å². The van der Waals surface area contributed by atoms with Crippen molar-refractivity contribution in [3.05, 3.63) is 69.9 Å². The minimum absolute atomic E-state index is 0.116. The lowest BCUT2D eigenvalue weighted by molar-refractivity contribution is 1.50. The Labute approximate surface area is 106 Å². The van der Waals surface area contributed by atoms with Gasteiger partial charge in [0.05, 0.1) is 0 Å². The maximum atomic E-state index is 12.5. The summed E-state index contributed by atoms with van der Waals surface area (Å²) in [5.74, 6) is 0. The molecular formula is C17H14O. The number of benzene rings is 2. The fourth-order valence-electron chi connectivity index (χ4n) is 2.38. The van der Waals surface area contributed by atoms with Gasteiger partial charge in [0.25, 0.3) is 0 Å². The summed E-state index contributed by atoms with van der Waals surface area (Å²) in [4.78, 5) is 12.5. The molecule has 0 aliphatic heterocycles. The molecular weight excluding hydrogens is 220 g/mol. The van der Waals surface area contributed by atoms with Gasteiger partial charge in [0.1, 0.15) is 0 Å². The van der Waals surface area contributed by atoms with Gasteiger partial charge < -0.3 is 0 Å². The molecule has 0 saturated carbocycles. The van der Waals surface area contributed by atoms with E-state index in [0.29, 0.717) is 0 Å². The van der Waals surface area contributed by atoms with Gasteiger partial charge in [-0.25, -0.2) is 0 Å². The Hall–Kier alpha value is -2.15. The summed E-state index contributed by atoms with van der Waals surface area (Å²) < 4.78 is 0. The molecule has 0 N–H and O–H groups in total. The van der Waals surface area contributed by atoms with E-state index in [1.165, 1.54) is 11.1 Å². The highest BCUT2D eigenvalue weighted by molar-refractivity contribution is 5.93. The third-order valence-corrected chi connectivity index (χ3v) is 3.35. The normalized spacial score (nSPS) is 11.0. The van der Waals surface area contributed by atoms with Gasteiger partial charge >= 0.3 is 0 Å². The van der Waals surface area contributed by atoms with Crippen molar-refractivity contribution < 1.29 is 0 Å². The van der Waals surface area contributed by atoms with Gasteiger partial charge in [-0.2, -0.15) is 0 Å². The molecule has 0 spiro atoms. The zero-order valence-corrected chi connectivity index (χ0v) is 10.5. The van der Waals surface area contributed by atoms with Gasteiger partial charge in [0, 0.05) is 10.8 Å². The highest BCUT2D eigenvalue weighted by Gasteiger charge is 2.02. The first-order chi connectivity index (χ1) is 8.65. The smallest absolute Gasteiger partial charge is 0.194 e. The van der Waals surface area contributed by atoms with Crippen molar-refractivity contribution in [2.75, 3.05) is 0 Å². The van der Waals surface area contributed by atoms with Crippen LogP contribution in [0.5, 0.6) is 0 Å². The van der Waals surface area contributed by atoms with Crippen LogP contribution in [0.3, 0.4) is 0 Å². The van der Waals surface area contributed by atoms with Crippen molar-refractivity contribution in [1.82, 2.24) is 0 Å². The van der Waals surface area contributed by atoms with Crippen LogP contribution in [0, 0.1) is 13.8 Å². The molecule has 0 aliphatic rings.